The molecule has 0 radical (unpaired) electrons. The number of methoxy groups -OCH3 is 1. The molecule has 0 aliphatic heterocycles. The Bertz CT molecular complexity index is 655. The van der Waals surface area contributed by atoms with Crippen LogP contribution in [0.5, 0.6) is 0 Å². The van der Waals surface area contributed by atoms with Crippen LogP contribution in [0.4, 0.5) is 5.88 Å². The minimum atomic E-state index is -0.00615. The zero-order chi connectivity index (χ0) is 15.9. The molecule has 0 aromatic carbocycles. The number of fused-ring (bicyclic) bond motifs is 1. The molecule has 122 valence electrons. The van der Waals surface area contributed by atoms with Crippen LogP contribution in [0.1, 0.15) is 13.3 Å². The molecule has 22 heavy (non-hydrogen) atoms. The van der Waals surface area contributed by atoms with Crippen molar-refractivity contribution in [1.29, 1.82) is 0 Å². The van der Waals surface area contributed by atoms with E-state index >= 15 is 0 Å². The van der Waals surface area contributed by atoms with Gasteiger partial charge in [0.1, 0.15) is 4.70 Å². The second kappa shape index (κ2) is 8.67. The second-order valence-corrected chi connectivity index (χ2v) is 6.52. The molecule has 0 atom stereocenters. The Balaban J connectivity index is 2.13. The molecule has 7 heteroatoms. The third kappa shape index (κ3) is 4.32. The minimum Gasteiger partial charge on any atom is -0.438 e. The molecule has 0 spiro atoms. The van der Waals surface area contributed by atoms with Crippen molar-refractivity contribution in [2.75, 3.05) is 44.9 Å². The average Bonchev–Trinajstić information content (AvgIpc) is 2.88. The zero-order valence-electron chi connectivity index (χ0n) is 12.8. The summed E-state index contributed by atoms with van der Waals surface area (Å²) in [5.74, 6) is 0.591. The highest BCUT2D eigenvalue weighted by molar-refractivity contribution is 9.10. The lowest BCUT2D eigenvalue weighted by Crippen LogP contribution is -2.29. The molecule has 2 rings (SSSR count). The first-order chi connectivity index (χ1) is 10.7. The molecule has 0 saturated carbocycles. The van der Waals surface area contributed by atoms with E-state index in [0.29, 0.717) is 42.5 Å². The molecule has 0 N–H and O–H groups in total. The maximum absolute atomic E-state index is 12.2. The van der Waals surface area contributed by atoms with Crippen LogP contribution in [-0.4, -0.2) is 40.0 Å². The smallest absolute Gasteiger partial charge is 0.204 e. The summed E-state index contributed by atoms with van der Waals surface area (Å²) in [5, 5.41) is 1.87. The summed E-state index contributed by atoms with van der Waals surface area (Å²) in [6, 6.07) is 1.57. The molecule has 0 fully saturated rings. The molecule has 0 unspecified atom stereocenters. The third-order valence-electron chi connectivity index (χ3n) is 3.13. The van der Waals surface area contributed by atoms with Gasteiger partial charge in [-0.05, 0) is 22.4 Å². The van der Waals surface area contributed by atoms with Gasteiger partial charge in [-0.1, -0.05) is 6.92 Å². The number of ether oxygens (including phenoxy) is 2. The van der Waals surface area contributed by atoms with Crippen molar-refractivity contribution in [3.05, 3.63) is 26.1 Å². The van der Waals surface area contributed by atoms with E-state index in [-0.39, 0.29) is 5.43 Å². The minimum absolute atomic E-state index is 0.00615. The standard InChI is InChI=1S/C15H20BrNO4S/c1-3-4-17(5-6-20-8-7-19-2)13-9-12(18)15-14(21-13)11(16)10-22-15/h9-10H,3-8H2,1-2H3. The van der Waals surface area contributed by atoms with Crippen molar-refractivity contribution < 1.29 is 13.9 Å². The summed E-state index contributed by atoms with van der Waals surface area (Å²) in [6.07, 6.45) is 0.963. The Morgan fingerprint density at radius 2 is 2.14 bits per heavy atom. The third-order valence-corrected chi connectivity index (χ3v) is 5.00. The van der Waals surface area contributed by atoms with Gasteiger partial charge in [0.15, 0.2) is 11.5 Å². The van der Waals surface area contributed by atoms with Crippen molar-refractivity contribution in [2.45, 2.75) is 13.3 Å². The predicted octanol–water partition coefficient (Wildman–Crippen LogP) is 3.50. The topological polar surface area (TPSA) is 51.9 Å². The Kier molecular flexibility index (Phi) is 6.88. The van der Waals surface area contributed by atoms with Gasteiger partial charge in [-0.2, -0.15) is 0 Å². The quantitative estimate of drug-likeness (QED) is 0.614. The average molecular weight is 390 g/mol. The van der Waals surface area contributed by atoms with Gasteiger partial charge in [-0.25, -0.2) is 0 Å². The number of nitrogens with zero attached hydrogens (tertiary/aromatic N) is 1. The van der Waals surface area contributed by atoms with Gasteiger partial charge < -0.3 is 18.8 Å². The van der Waals surface area contributed by atoms with E-state index in [2.05, 4.69) is 22.9 Å². The highest BCUT2D eigenvalue weighted by Crippen LogP contribution is 2.30. The van der Waals surface area contributed by atoms with Crippen molar-refractivity contribution in [3.8, 4) is 0 Å². The van der Waals surface area contributed by atoms with Crippen LogP contribution in [0.25, 0.3) is 10.3 Å². The van der Waals surface area contributed by atoms with Gasteiger partial charge in [-0.3, -0.25) is 4.79 Å². The van der Waals surface area contributed by atoms with Gasteiger partial charge in [0.2, 0.25) is 5.43 Å². The molecule has 5 nitrogen and oxygen atoms in total. The summed E-state index contributed by atoms with van der Waals surface area (Å²) < 4.78 is 17.8. The molecule has 0 aliphatic carbocycles. The van der Waals surface area contributed by atoms with Crippen molar-refractivity contribution >= 4 is 43.4 Å². The molecule has 2 aromatic rings. The largest absolute Gasteiger partial charge is 0.438 e. The lowest BCUT2D eigenvalue weighted by Gasteiger charge is -2.22. The van der Waals surface area contributed by atoms with Crippen LogP contribution in [0.3, 0.4) is 0 Å². The lowest BCUT2D eigenvalue weighted by atomic mass is 10.3. The van der Waals surface area contributed by atoms with E-state index in [0.717, 1.165) is 17.4 Å². The molecule has 0 aliphatic rings. The summed E-state index contributed by atoms with van der Waals surface area (Å²) in [4.78, 5) is 14.2. The first-order valence-electron chi connectivity index (χ1n) is 7.19. The van der Waals surface area contributed by atoms with E-state index in [4.69, 9.17) is 13.9 Å². The number of rotatable bonds is 9. The Labute approximate surface area is 141 Å². The van der Waals surface area contributed by atoms with Crippen LogP contribution in [-0.2, 0) is 9.47 Å². The molecular weight excluding hydrogens is 370 g/mol. The van der Waals surface area contributed by atoms with E-state index < -0.39 is 0 Å². The SMILES string of the molecule is CCCN(CCOCCOC)c1cc(=O)c2scc(Br)c2o1. The first-order valence-corrected chi connectivity index (χ1v) is 8.87. The maximum Gasteiger partial charge on any atom is 0.204 e. The molecule has 0 saturated heterocycles. The number of hydrogen-bond acceptors (Lipinski definition) is 6. The van der Waals surface area contributed by atoms with Gasteiger partial charge in [0.25, 0.3) is 0 Å². The number of halogens is 1. The molecule has 2 heterocycles. The maximum atomic E-state index is 12.2. The van der Waals surface area contributed by atoms with Gasteiger partial charge >= 0.3 is 0 Å². The highest BCUT2D eigenvalue weighted by atomic mass is 79.9. The summed E-state index contributed by atoms with van der Waals surface area (Å²) in [6.45, 7) is 5.29. The summed E-state index contributed by atoms with van der Waals surface area (Å²) in [5.41, 5.74) is 0.613. The summed E-state index contributed by atoms with van der Waals surface area (Å²) in [7, 11) is 1.65. The van der Waals surface area contributed by atoms with Crippen LogP contribution in [0.2, 0.25) is 0 Å². The number of anilines is 1. The Hall–Kier alpha value is -0.890. The fourth-order valence-electron chi connectivity index (χ4n) is 2.08. The van der Waals surface area contributed by atoms with Crippen molar-refractivity contribution in [2.24, 2.45) is 0 Å². The monoisotopic (exact) mass is 389 g/mol. The predicted molar refractivity (Wildman–Crippen MR) is 93.3 cm³/mol. The summed E-state index contributed by atoms with van der Waals surface area (Å²) >= 11 is 4.82. The van der Waals surface area contributed by atoms with Crippen LogP contribution >= 0.6 is 27.3 Å². The number of hydrogen-bond donors (Lipinski definition) is 0. The lowest BCUT2D eigenvalue weighted by molar-refractivity contribution is 0.0738. The van der Waals surface area contributed by atoms with E-state index in [1.165, 1.54) is 11.3 Å². The molecule has 0 bridgehead atoms. The fraction of sp³-hybridized carbons (Fsp3) is 0.533. The van der Waals surface area contributed by atoms with Crippen molar-refractivity contribution in [3.63, 3.8) is 0 Å². The Morgan fingerprint density at radius 3 is 2.86 bits per heavy atom. The van der Waals surface area contributed by atoms with Crippen LogP contribution in [0, 0.1) is 0 Å². The van der Waals surface area contributed by atoms with Gasteiger partial charge in [0, 0.05) is 31.6 Å². The number of thiophene rings is 1. The Morgan fingerprint density at radius 1 is 1.32 bits per heavy atom. The molecule has 0 amide bonds. The van der Waals surface area contributed by atoms with Gasteiger partial charge in [0.05, 0.1) is 24.3 Å². The molecular formula is C15H20BrNO4S. The fourth-order valence-corrected chi connectivity index (χ4v) is 3.53. The van der Waals surface area contributed by atoms with Crippen molar-refractivity contribution in [1.82, 2.24) is 0 Å². The second-order valence-electron chi connectivity index (χ2n) is 4.78. The van der Waals surface area contributed by atoms with Crippen LogP contribution in [0.15, 0.2) is 25.1 Å². The zero-order valence-corrected chi connectivity index (χ0v) is 15.2. The van der Waals surface area contributed by atoms with E-state index in [1.807, 2.05) is 10.3 Å². The molecule has 2 aromatic heterocycles. The highest BCUT2D eigenvalue weighted by Gasteiger charge is 2.14. The first kappa shape index (κ1) is 17.5. The van der Waals surface area contributed by atoms with E-state index in [9.17, 15) is 4.79 Å². The van der Waals surface area contributed by atoms with E-state index in [1.54, 1.807) is 13.2 Å². The normalized spacial score (nSPS) is 11.2. The van der Waals surface area contributed by atoms with Crippen LogP contribution < -0.4 is 10.3 Å². The van der Waals surface area contributed by atoms with Gasteiger partial charge in [-0.15, -0.1) is 11.3 Å².